The van der Waals surface area contributed by atoms with Gasteiger partial charge in [0.2, 0.25) is 0 Å². The van der Waals surface area contributed by atoms with Crippen LogP contribution in [-0.4, -0.2) is 22.2 Å². The predicted molar refractivity (Wildman–Crippen MR) is 84.3 cm³/mol. The lowest BCUT2D eigenvalue weighted by Crippen LogP contribution is -2.28. The Morgan fingerprint density at radius 2 is 2.14 bits per heavy atom. The molecule has 2 rings (SSSR count). The zero-order valence-electron chi connectivity index (χ0n) is 12.8. The van der Waals surface area contributed by atoms with Gasteiger partial charge in [0.05, 0.1) is 11.4 Å². The molecule has 1 aromatic carbocycles. The van der Waals surface area contributed by atoms with Gasteiger partial charge in [-0.2, -0.15) is 5.10 Å². The van der Waals surface area contributed by atoms with Crippen molar-refractivity contribution in [2.75, 3.05) is 12.3 Å². The lowest BCUT2D eigenvalue weighted by molar-refractivity contribution is 0.0944. The number of carbonyl (C=O) groups is 1. The third kappa shape index (κ3) is 3.42. The fraction of sp³-hybridized carbons (Fsp3) is 0.375. The Morgan fingerprint density at radius 3 is 2.81 bits per heavy atom. The van der Waals surface area contributed by atoms with Crippen molar-refractivity contribution >= 4 is 11.6 Å². The lowest BCUT2D eigenvalue weighted by atomic mass is 10.1. The average Bonchev–Trinajstić information content (AvgIpc) is 2.74. The van der Waals surface area contributed by atoms with Gasteiger partial charge in [0, 0.05) is 13.1 Å². The summed E-state index contributed by atoms with van der Waals surface area (Å²) in [4.78, 5) is 12.3. The van der Waals surface area contributed by atoms with Gasteiger partial charge in [-0.3, -0.25) is 9.48 Å². The van der Waals surface area contributed by atoms with Crippen LogP contribution in [0.5, 0.6) is 0 Å². The van der Waals surface area contributed by atoms with Gasteiger partial charge in [0.15, 0.2) is 0 Å². The molecule has 5 heteroatoms. The number of carbonyl (C=O) groups excluding carboxylic acids is 1. The van der Waals surface area contributed by atoms with Crippen LogP contribution in [0.4, 0.5) is 5.69 Å². The Morgan fingerprint density at radius 1 is 1.38 bits per heavy atom. The minimum absolute atomic E-state index is 0.164. The first-order valence-corrected chi connectivity index (χ1v) is 7.19. The van der Waals surface area contributed by atoms with E-state index in [0.717, 1.165) is 6.42 Å². The number of nitrogens with two attached hydrogens (primary N) is 1. The van der Waals surface area contributed by atoms with Crippen LogP contribution < -0.4 is 11.1 Å². The molecule has 21 heavy (non-hydrogen) atoms. The first kappa shape index (κ1) is 15.1. The van der Waals surface area contributed by atoms with Gasteiger partial charge in [-0.25, -0.2) is 0 Å². The minimum Gasteiger partial charge on any atom is -0.395 e. The van der Waals surface area contributed by atoms with E-state index in [-0.39, 0.29) is 5.91 Å². The number of rotatable bonds is 5. The van der Waals surface area contributed by atoms with E-state index in [2.05, 4.69) is 35.5 Å². The Balaban J connectivity index is 1.99. The van der Waals surface area contributed by atoms with Crippen LogP contribution in [0, 0.1) is 13.8 Å². The van der Waals surface area contributed by atoms with Crippen LogP contribution in [-0.2, 0) is 13.0 Å². The summed E-state index contributed by atoms with van der Waals surface area (Å²) in [6, 6.07) is 8.28. The molecule has 0 aliphatic rings. The van der Waals surface area contributed by atoms with E-state index < -0.39 is 0 Å². The van der Waals surface area contributed by atoms with Gasteiger partial charge >= 0.3 is 0 Å². The number of nitrogens with one attached hydrogen (secondary N) is 1. The predicted octanol–water partition coefficient (Wildman–Crippen LogP) is 2.07. The molecule has 1 aromatic heterocycles. The number of amides is 1. The monoisotopic (exact) mass is 286 g/mol. The lowest BCUT2D eigenvalue weighted by Gasteiger charge is -2.08. The van der Waals surface area contributed by atoms with Crippen molar-refractivity contribution in [2.24, 2.45) is 0 Å². The normalized spacial score (nSPS) is 10.6. The molecule has 1 amide bonds. The summed E-state index contributed by atoms with van der Waals surface area (Å²) in [7, 11) is 0. The van der Waals surface area contributed by atoms with Crippen molar-refractivity contribution in [3.8, 4) is 0 Å². The molecule has 1 heterocycles. The quantitative estimate of drug-likeness (QED) is 0.883. The third-order valence-electron chi connectivity index (χ3n) is 3.47. The average molecular weight is 286 g/mol. The van der Waals surface area contributed by atoms with Crippen molar-refractivity contribution in [1.82, 2.24) is 15.1 Å². The highest BCUT2D eigenvalue weighted by Gasteiger charge is 2.18. The molecule has 2 aromatic rings. The van der Waals surface area contributed by atoms with Crippen LogP contribution in [0.25, 0.3) is 0 Å². The summed E-state index contributed by atoms with van der Waals surface area (Å²) >= 11 is 0. The largest absolute Gasteiger partial charge is 0.395 e. The van der Waals surface area contributed by atoms with E-state index in [9.17, 15) is 4.79 Å². The second-order valence-electron chi connectivity index (χ2n) is 5.16. The maximum atomic E-state index is 12.3. The Hall–Kier alpha value is -2.30. The second-order valence-corrected chi connectivity index (χ2v) is 5.16. The molecule has 0 spiro atoms. The standard InChI is InChI=1S/C16H22N4O/c1-4-20-15(14(17)12(3)19-20)16(21)18-9-8-13-7-5-6-11(2)10-13/h5-7,10H,4,8-9,17H2,1-3H3,(H,18,21). The molecule has 0 aliphatic carbocycles. The summed E-state index contributed by atoms with van der Waals surface area (Å²) in [5.41, 5.74) is 9.99. The van der Waals surface area contributed by atoms with E-state index in [4.69, 9.17) is 5.73 Å². The molecular weight excluding hydrogens is 264 g/mol. The van der Waals surface area contributed by atoms with Crippen LogP contribution in [0.1, 0.15) is 34.2 Å². The Bertz CT molecular complexity index is 646. The molecule has 112 valence electrons. The number of nitrogens with zero attached hydrogens (tertiary/aromatic N) is 2. The van der Waals surface area contributed by atoms with E-state index in [1.807, 2.05) is 19.9 Å². The third-order valence-corrected chi connectivity index (χ3v) is 3.47. The highest BCUT2D eigenvalue weighted by molar-refractivity contribution is 5.97. The number of aryl methyl sites for hydroxylation is 3. The van der Waals surface area contributed by atoms with Crippen LogP contribution >= 0.6 is 0 Å². The SMILES string of the molecule is CCn1nc(C)c(N)c1C(=O)NCCc1cccc(C)c1. The van der Waals surface area contributed by atoms with E-state index >= 15 is 0 Å². The molecule has 5 nitrogen and oxygen atoms in total. The van der Waals surface area contributed by atoms with Crippen LogP contribution in [0.15, 0.2) is 24.3 Å². The zero-order chi connectivity index (χ0) is 15.4. The molecule has 0 fully saturated rings. The topological polar surface area (TPSA) is 72.9 Å². The van der Waals surface area contributed by atoms with E-state index in [0.29, 0.717) is 30.2 Å². The van der Waals surface area contributed by atoms with Crippen molar-refractivity contribution in [2.45, 2.75) is 33.7 Å². The summed E-state index contributed by atoms with van der Waals surface area (Å²) in [5.74, 6) is -0.164. The Kier molecular flexibility index (Phi) is 4.62. The molecule has 0 aliphatic heterocycles. The number of aromatic nitrogens is 2. The fourth-order valence-electron chi connectivity index (χ4n) is 2.34. The number of anilines is 1. The highest BCUT2D eigenvalue weighted by Crippen LogP contribution is 2.16. The van der Waals surface area contributed by atoms with Crippen molar-refractivity contribution in [1.29, 1.82) is 0 Å². The minimum atomic E-state index is -0.164. The molecule has 0 saturated heterocycles. The smallest absolute Gasteiger partial charge is 0.271 e. The first-order chi connectivity index (χ1) is 10.0. The summed E-state index contributed by atoms with van der Waals surface area (Å²) in [6.07, 6.45) is 0.798. The van der Waals surface area contributed by atoms with Crippen molar-refractivity contribution in [3.63, 3.8) is 0 Å². The molecule has 3 N–H and O–H groups in total. The van der Waals surface area contributed by atoms with Gasteiger partial charge < -0.3 is 11.1 Å². The summed E-state index contributed by atoms with van der Waals surface area (Å²) in [5, 5.41) is 7.17. The Labute approximate surface area is 125 Å². The zero-order valence-corrected chi connectivity index (χ0v) is 12.8. The molecule has 0 saturated carbocycles. The summed E-state index contributed by atoms with van der Waals surface area (Å²) in [6.45, 7) is 7.01. The maximum absolute atomic E-state index is 12.3. The van der Waals surface area contributed by atoms with Crippen LogP contribution in [0.2, 0.25) is 0 Å². The molecule has 0 bridgehead atoms. The number of hydrogen-bond acceptors (Lipinski definition) is 3. The van der Waals surface area contributed by atoms with Crippen molar-refractivity contribution < 1.29 is 4.79 Å². The van der Waals surface area contributed by atoms with Gasteiger partial charge in [-0.05, 0) is 32.8 Å². The van der Waals surface area contributed by atoms with Gasteiger partial charge in [0.1, 0.15) is 5.69 Å². The van der Waals surface area contributed by atoms with E-state index in [1.54, 1.807) is 4.68 Å². The maximum Gasteiger partial charge on any atom is 0.271 e. The molecule has 0 atom stereocenters. The number of hydrogen-bond donors (Lipinski definition) is 2. The second kappa shape index (κ2) is 6.43. The van der Waals surface area contributed by atoms with Gasteiger partial charge in [-0.1, -0.05) is 29.8 Å². The summed E-state index contributed by atoms with van der Waals surface area (Å²) < 4.78 is 1.65. The van der Waals surface area contributed by atoms with Crippen molar-refractivity contribution in [3.05, 3.63) is 46.8 Å². The molecule has 0 unspecified atom stereocenters. The van der Waals surface area contributed by atoms with E-state index in [1.165, 1.54) is 11.1 Å². The van der Waals surface area contributed by atoms with Crippen LogP contribution in [0.3, 0.4) is 0 Å². The first-order valence-electron chi connectivity index (χ1n) is 7.19. The fourth-order valence-corrected chi connectivity index (χ4v) is 2.34. The molecule has 0 radical (unpaired) electrons. The number of nitrogen functional groups attached to an aromatic ring is 1. The van der Waals surface area contributed by atoms with Gasteiger partial charge in [-0.15, -0.1) is 0 Å². The number of benzene rings is 1. The highest BCUT2D eigenvalue weighted by atomic mass is 16.2. The van der Waals surface area contributed by atoms with Gasteiger partial charge in [0.25, 0.3) is 5.91 Å². The molecular formula is C16H22N4O.